The average Bonchev–Trinajstić information content (AvgIpc) is 2.36. The van der Waals surface area contributed by atoms with E-state index in [9.17, 15) is 13.2 Å². The number of ether oxygens (including phenoxy) is 1. The van der Waals surface area contributed by atoms with Gasteiger partial charge in [0.2, 0.25) is 5.90 Å². The van der Waals surface area contributed by atoms with Crippen LogP contribution in [0.25, 0.3) is 5.57 Å². The normalized spacial score (nSPS) is 13.2. The van der Waals surface area contributed by atoms with Gasteiger partial charge in [-0.15, -0.1) is 0 Å². The molecule has 1 rings (SSSR count). The van der Waals surface area contributed by atoms with Crippen molar-refractivity contribution >= 4 is 46.3 Å². The highest BCUT2D eigenvalue weighted by Gasteiger charge is 2.30. The van der Waals surface area contributed by atoms with Crippen molar-refractivity contribution in [1.29, 1.82) is 5.41 Å². The predicted molar refractivity (Wildman–Crippen MR) is 79.1 cm³/mol. The minimum absolute atomic E-state index is 0.0282. The highest BCUT2D eigenvalue weighted by atomic mass is 35.6. The second kappa shape index (κ2) is 6.90. The summed E-state index contributed by atoms with van der Waals surface area (Å²) >= 11 is 16.3. The number of alkyl halides is 6. The van der Waals surface area contributed by atoms with E-state index in [-0.39, 0.29) is 6.61 Å². The maximum absolute atomic E-state index is 12.4. The number of nitrogens with one attached hydrogen (secondary N) is 1. The molecular formula is C13H11Cl3F3NO. The summed E-state index contributed by atoms with van der Waals surface area (Å²) in [6, 6.07) is 4.71. The van der Waals surface area contributed by atoms with E-state index in [0.717, 1.165) is 12.1 Å². The molecule has 21 heavy (non-hydrogen) atoms. The van der Waals surface area contributed by atoms with E-state index in [2.05, 4.69) is 0 Å². The number of halogens is 6. The lowest BCUT2D eigenvalue weighted by Crippen LogP contribution is -2.21. The lowest BCUT2D eigenvalue weighted by atomic mass is 10.1. The van der Waals surface area contributed by atoms with Crippen molar-refractivity contribution in [3.8, 4) is 0 Å². The van der Waals surface area contributed by atoms with Gasteiger partial charge < -0.3 is 4.74 Å². The minimum atomic E-state index is -4.36. The van der Waals surface area contributed by atoms with Crippen LogP contribution in [-0.2, 0) is 10.9 Å². The lowest BCUT2D eigenvalue weighted by Gasteiger charge is -2.12. The van der Waals surface area contributed by atoms with Crippen LogP contribution in [0.1, 0.15) is 18.1 Å². The third kappa shape index (κ3) is 5.77. The Balaban J connectivity index is 2.69. The molecule has 0 aliphatic heterocycles. The highest BCUT2D eigenvalue weighted by Crippen LogP contribution is 2.30. The molecule has 0 bridgehead atoms. The van der Waals surface area contributed by atoms with Crippen molar-refractivity contribution in [2.24, 2.45) is 0 Å². The Kier molecular flexibility index (Phi) is 5.96. The highest BCUT2D eigenvalue weighted by molar-refractivity contribution is 6.76. The average molecular weight is 361 g/mol. The van der Waals surface area contributed by atoms with Gasteiger partial charge in [0.15, 0.2) is 0 Å². The number of allylic oxidation sites excluding steroid dienone is 1. The van der Waals surface area contributed by atoms with E-state index < -0.39 is 21.4 Å². The van der Waals surface area contributed by atoms with Crippen molar-refractivity contribution in [2.45, 2.75) is 16.9 Å². The van der Waals surface area contributed by atoms with Gasteiger partial charge in [-0.05, 0) is 36.3 Å². The van der Waals surface area contributed by atoms with Crippen molar-refractivity contribution in [2.75, 3.05) is 6.61 Å². The topological polar surface area (TPSA) is 33.1 Å². The number of hydrogen-bond donors (Lipinski definition) is 1. The molecule has 0 saturated carbocycles. The molecule has 0 amide bonds. The van der Waals surface area contributed by atoms with Gasteiger partial charge in [-0.2, -0.15) is 13.2 Å². The second-order valence-electron chi connectivity index (χ2n) is 4.10. The SMILES string of the molecule is C/C(=C\COC(=N)C(Cl)(Cl)Cl)c1ccc(C(F)(F)F)cc1. The fourth-order valence-electron chi connectivity index (χ4n) is 1.37. The van der Waals surface area contributed by atoms with Gasteiger partial charge in [0.05, 0.1) is 5.56 Å². The van der Waals surface area contributed by atoms with Crippen LogP contribution in [0.4, 0.5) is 13.2 Å². The summed E-state index contributed by atoms with van der Waals surface area (Å²) in [7, 11) is 0. The Labute approximate surface area is 135 Å². The Bertz CT molecular complexity index is 533. The predicted octanol–water partition coefficient (Wildman–Crippen LogP) is 5.47. The van der Waals surface area contributed by atoms with E-state index in [1.807, 2.05) is 0 Å². The van der Waals surface area contributed by atoms with Crippen LogP contribution in [0.2, 0.25) is 0 Å². The van der Waals surface area contributed by atoms with Crippen molar-refractivity contribution < 1.29 is 17.9 Å². The zero-order valence-electron chi connectivity index (χ0n) is 10.8. The number of rotatable bonds is 3. The molecule has 0 saturated heterocycles. The van der Waals surface area contributed by atoms with E-state index in [1.54, 1.807) is 13.0 Å². The summed E-state index contributed by atoms with van der Waals surface area (Å²) < 4.78 is 40.3. The molecule has 0 spiro atoms. The van der Waals surface area contributed by atoms with Crippen molar-refractivity contribution in [3.05, 3.63) is 41.5 Å². The van der Waals surface area contributed by atoms with Gasteiger partial charge in [0.25, 0.3) is 3.79 Å². The zero-order chi connectivity index (χ0) is 16.3. The summed E-state index contributed by atoms with van der Waals surface area (Å²) in [6.07, 6.45) is -2.79. The van der Waals surface area contributed by atoms with Crippen LogP contribution in [0.3, 0.4) is 0 Å². The van der Waals surface area contributed by atoms with Gasteiger partial charge in [0.1, 0.15) is 6.61 Å². The summed E-state index contributed by atoms with van der Waals surface area (Å²) in [5, 5.41) is 7.31. The molecule has 0 aliphatic carbocycles. The maximum Gasteiger partial charge on any atom is 0.416 e. The summed E-state index contributed by atoms with van der Waals surface area (Å²) in [5.74, 6) is -0.524. The Morgan fingerprint density at radius 2 is 1.71 bits per heavy atom. The molecule has 116 valence electrons. The third-order valence-corrected chi connectivity index (χ3v) is 3.06. The van der Waals surface area contributed by atoms with E-state index >= 15 is 0 Å². The monoisotopic (exact) mass is 359 g/mol. The van der Waals surface area contributed by atoms with E-state index in [0.29, 0.717) is 11.1 Å². The van der Waals surface area contributed by atoms with E-state index in [4.69, 9.17) is 44.9 Å². The smallest absolute Gasteiger partial charge is 0.416 e. The first-order valence-electron chi connectivity index (χ1n) is 5.64. The molecule has 0 aromatic heterocycles. The fraction of sp³-hybridized carbons (Fsp3) is 0.308. The number of hydrogen-bond acceptors (Lipinski definition) is 2. The van der Waals surface area contributed by atoms with Crippen LogP contribution in [0.15, 0.2) is 30.3 Å². The molecule has 1 N–H and O–H groups in total. The maximum atomic E-state index is 12.4. The van der Waals surface area contributed by atoms with Crippen LogP contribution in [-0.4, -0.2) is 16.3 Å². The molecule has 0 unspecified atom stereocenters. The molecule has 0 heterocycles. The van der Waals surface area contributed by atoms with Gasteiger partial charge in [-0.25, -0.2) is 0 Å². The first-order valence-corrected chi connectivity index (χ1v) is 6.78. The molecule has 0 fully saturated rings. The first-order chi connectivity index (χ1) is 9.51. The summed E-state index contributed by atoms with van der Waals surface area (Å²) in [4.78, 5) is 0. The quantitative estimate of drug-likeness (QED) is 0.432. The largest absolute Gasteiger partial charge is 0.474 e. The second-order valence-corrected chi connectivity index (χ2v) is 6.38. The molecule has 0 atom stereocenters. The molecule has 1 aromatic carbocycles. The van der Waals surface area contributed by atoms with Gasteiger partial charge in [-0.3, -0.25) is 5.41 Å². The molecule has 0 radical (unpaired) electrons. The minimum Gasteiger partial charge on any atom is -0.474 e. The van der Waals surface area contributed by atoms with Crippen LogP contribution in [0.5, 0.6) is 0 Å². The Hall–Kier alpha value is -0.910. The lowest BCUT2D eigenvalue weighted by molar-refractivity contribution is -0.137. The van der Waals surface area contributed by atoms with Crippen molar-refractivity contribution in [3.63, 3.8) is 0 Å². The molecule has 0 aliphatic rings. The van der Waals surface area contributed by atoms with Gasteiger partial charge in [-0.1, -0.05) is 46.9 Å². The van der Waals surface area contributed by atoms with Gasteiger partial charge >= 0.3 is 6.18 Å². The standard InChI is InChI=1S/C13H11Cl3F3NO/c1-8(6-7-21-11(20)12(14,15)16)9-2-4-10(5-3-9)13(17,18)19/h2-6,20H,7H2,1H3/b8-6+,20-11?. The third-order valence-electron chi connectivity index (χ3n) is 2.54. The summed E-state index contributed by atoms with van der Waals surface area (Å²) in [5.41, 5.74) is 0.570. The van der Waals surface area contributed by atoms with Crippen LogP contribution < -0.4 is 0 Å². The van der Waals surface area contributed by atoms with E-state index in [1.165, 1.54) is 12.1 Å². The zero-order valence-corrected chi connectivity index (χ0v) is 13.0. The number of benzene rings is 1. The molecule has 1 aromatic rings. The van der Waals surface area contributed by atoms with Gasteiger partial charge in [0, 0.05) is 0 Å². The Morgan fingerprint density at radius 3 is 2.14 bits per heavy atom. The van der Waals surface area contributed by atoms with Crippen LogP contribution >= 0.6 is 34.8 Å². The molecular weight excluding hydrogens is 350 g/mol. The fourth-order valence-corrected chi connectivity index (χ4v) is 1.54. The molecule has 2 nitrogen and oxygen atoms in total. The van der Waals surface area contributed by atoms with Crippen LogP contribution in [0, 0.1) is 5.41 Å². The molecule has 8 heteroatoms. The first kappa shape index (κ1) is 18.1. The summed E-state index contributed by atoms with van der Waals surface area (Å²) in [6.45, 7) is 1.67. The van der Waals surface area contributed by atoms with Crippen molar-refractivity contribution in [1.82, 2.24) is 0 Å². The Morgan fingerprint density at radius 1 is 1.19 bits per heavy atom.